The van der Waals surface area contributed by atoms with Gasteiger partial charge in [-0.05, 0) is 25.8 Å². The first-order chi connectivity index (χ1) is 9.04. The molecule has 2 aliphatic rings. The first-order valence-corrected chi connectivity index (χ1v) is 7.52. The summed E-state index contributed by atoms with van der Waals surface area (Å²) in [6.45, 7) is 8.66. The molecule has 0 saturated carbocycles. The van der Waals surface area contributed by atoms with Crippen molar-refractivity contribution in [3.05, 3.63) is 0 Å². The molecule has 0 aromatic heterocycles. The number of rotatable bonds is 4. The summed E-state index contributed by atoms with van der Waals surface area (Å²) in [5, 5.41) is 6.68. The molecular weight excluding hydrogens is 240 g/mol. The largest absolute Gasteiger partial charge is 0.328 e. The number of carbonyl (C=O) groups excluding carboxylic acids is 1. The van der Waals surface area contributed by atoms with Gasteiger partial charge in [-0.15, -0.1) is 0 Å². The van der Waals surface area contributed by atoms with Crippen molar-refractivity contribution in [1.29, 1.82) is 0 Å². The Morgan fingerprint density at radius 3 is 2.58 bits per heavy atom. The van der Waals surface area contributed by atoms with Crippen LogP contribution in [-0.2, 0) is 4.79 Å². The second-order valence-corrected chi connectivity index (χ2v) is 6.35. The lowest BCUT2D eigenvalue weighted by Crippen LogP contribution is -2.66. The molecule has 0 bridgehead atoms. The van der Waals surface area contributed by atoms with Crippen LogP contribution in [0, 0.1) is 5.92 Å². The fourth-order valence-electron chi connectivity index (χ4n) is 2.76. The van der Waals surface area contributed by atoms with Gasteiger partial charge >= 0.3 is 0 Å². The Kier molecular flexibility index (Phi) is 5.19. The van der Waals surface area contributed by atoms with E-state index in [1.807, 2.05) is 0 Å². The van der Waals surface area contributed by atoms with Gasteiger partial charge in [0.05, 0.1) is 0 Å². The van der Waals surface area contributed by atoms with E-state index >= 15 is 0 Å². The third-order valence-corrected chi connectivity index (χ3v) is 4.12. The molecule has 1 amide bonds. The quantitative estimate of drug-likeness (QED) is 0.776. The Balaban J connectivity index is 1.85. The van der Waals surface area contributed by atoms with Crippen LogP contribution in [0.2, 0.25) is 0 Å². The highest BCUT2D eigenvalue weighted by molar-refractivity contribution is 5.77. The monoisotopic (exact) mass is 268 g/mol. The van der Waals surface area contributed by atoms with Gasteiger partial charge in [0.25, 0.3) is 0 Å². The lowest BCUT2D eigenvalue weighted by atomic mass is 10.00. The minimum Gasteiger partial charge on any atom is -0.328 e. The van der Waals surface area contributed by atoms with Gasteiger partial charge < -0.3 is 10.2 Å². The maximum absolute atomic E-state index is 11.8. The molecule has 110 valence electrons. The topological polar surface area (TPSA) is 47.6 Å². The Labute approximate surface area is 116 Å². The first kappa shape index (κ1) is 14.8. The number of amides is 1. The zero-order valence-electron chi connectivity index (χ0n) is 12.5. The van der Waals surface area contributed by atoms with Crippen LogP contribution in [-0.4, -0.2) is 61.3 Å². The van der Waals surface area contributed by atoms with Gasteiger partial charge in [0.2, 0.25) is 5.91 Å². The Hall–Kier alpha value is -0.650. The molecule has 2 fully saturated rings. The zero-order chi connectivity index (χ0) is 13.8. The summed E-state index contributed by atoms with van der Waals surface area (Å²) in [6.07, 6.45) is 2.93. The van der Waals surface area contributed by atoms with E-state index in [0.29, 0.717) is 18.4 Å². The molecule has 2 atom stereocenters. The van der Waals surface area contributed by atoms with E-state index in [9.17, 15) is 4.79 Å². The average molecular weight is 268 g/mol. The third-order valence-electron chi connectivity index (χ3n) is 4.12. The highest BCUT2D eigenvalue weighted by Gasteiger charge is 2.30. The van der Waals surface area contributed by atoms with Crippen molar-refractivity contribution in [3.63, 3.8) is 0 Å². The summed E-state index contributed by atoms with van der Waals surface area (Å²) in [6, 6.07) is 0.334. The Morgan fingerprint density at radius 2 is 1.95 bits per heavy atom. The van der Waals surface area contributed by atoms with Gasteiger partial charge in [0.15, 0.2) is 0 Å². The van der Waals surface area contributed by atoms with E-state index in [1.165, 1.54) is 6.42 Å². The van der Waals surface area contributed by atoms with Gasteiger partial charge in [0, 0.05) is 38.6 Å². The minimum absolute atomic E-state index is 0.0344. The second-order valence-electron chi connectivity index (χ2n) is 6.35. The summed E-state index contributed by atoms with van der Waals surface area (Å²) in [7, 11) is 2.15. The predicted molar refractivity (Wildman–Crippen MR) is 76.6 cm³/mol. The second kappa shape index (κ2) is 6.68. The molecule has 0 aromatic rings. The first-order valence-electron chi connectivity index (χ1n) is 7.52. The molecule has 2 N–H and O–H groups in total. The molecule has 2 rings (SSSR count). The normalized spacial score (nSPS) is 30.6. The molecule has 19 heavy (non-hydrogen) atoms. The molecule has 2 saturated heterocycles. The lowest BCUT2D eigenvalue weighted by Gasteiger charge is -2.42. The van der Waals surface area contributed by atoms with Crippen LogP contribution in [0.3, 0.4) is 0 Å². The van der Waals surface area contributed by atoms with Crippen LogP contribution in [0.5, 0.6) is 0 Å². The number of nitrogens with one attached hydrogen (secondary N) is 2. The number of nitrogens with zero attached hydrogens (tertiary/aromatic N) is 2. The van der Waals surface area contributed by atoms with E-state index in [0.717, 1.165) is 32.6 Å². The highest BCUT2D eigenvalue weighted by atomic mass is 16.2. The van der Waals surface area contributed by atoms with Gasteiger partial charge in [-0.1, -0.05) is 13.8 Å². The van der Waals surface area contributed by atoms with Crippen molar-refractivity contribution in [2.24, 2.45) is 5.92 Å². The maximum Gasteiger partial charge on any atom is 0.223 e. The maximum atomic E-state index is 11.8. The molecule has 0 radical (unpaired) electrons. The van der Waals surface area contributed by atoms with E-state index in [4.69, 9.17) is 0 Å². The van der Waals surface area contributed by atoms with Crippen LogP contribution in [0.4, 0.5) is 0 Å². The van der Waals surface area contributed by atoms with Crippen molar-refractivity contribution in [1.82, 2.24) is 20.4 Å². The van der Waals surface area contributed by atoms with Crippen LogP contribution >= 0.6 is 0 Å². The van der Waals surface area contributed by atoms with Crippen molar-refractivity contribution < 1.29 is 4.79 Å². The fourth-order valence-corrected chi connectivity index (χ4v) is 2.76. The fraction of sp³-hybridized carbons (Fsp3) is 0.929. The number of hydrogen-bond acceptors (Lipinski definition) is 4. The third kappa shape index (κ3) is 4.44. The van der Waals surface area contributed by atoms with E-state index < -0.39 is 0 Å². The minimum atomic E-state index is 0.0344. The molecule has 2 aliphatic heterocycles. The van der Waals surface area contributed by atoms with Crippen molar-refractivity contribution >= 4 is 5.91 Å². The highest BCUT2D eigenvalue weighted by Crippen LogP contribution is 2.14. The summed E-state index contributed by atoms with van der Waals surface area (Å²) in [5.41, 5.74) is 0. The standard InChI is InChI=1S/C14H28N4O/c1-11(2)4-5-12-10-13(19)16-14(15-12)18-8-6-17(3)7-9-18/h11-12,14-15H,4-10H2,1-3H3,(H,16,19). The smallest absolute Gasteiger partial charge is 0.223 e. The van der Waals surface area contributed by atoms with Crippen LogP contribution in [0.1, 0.15) is 33.1 Å². The summed E-state index contributed by atoms with van der Waals surface area (Å²) in [4.78, 5) is 16.5. The lowest BCUT2D eigenvalue weighted by molar-refractivity contribution is -0.127. The Morgan fingerprint density at radius 1 is 1.26 bits per heavy atom. The number of carbonyl (C=O) groups is 1. The van der Waals surface area contributed by atoms with Gasteiger partial charge in [0.1, 0.15) is 6.29 Å². The van der Waals surface area contributed by atoms with E-state index in [2.05, 4.69) is 41.3 Å². The van der Waals surface area contributed by atoms with Gasteiger partial charge in [-0.2, -0.15) is 0 Å². The van der Waals surface area contributed by atoms with Crippen LogP contribution < -0.4 is 10.6 Å². The zero-order valence-corrected chi connectivity index (χ0v) is 12.5. The summed E-state index contributed by atoms with van der Waals surface area (Å²) in [5.74, 6) is 0.894. The molecule has 5 nitrogen and oxygen atoms in total. The van der Waals surface area contributed by atoms with E-state index in [1.54, 1.807) is 0 Å². The van der Waals surface area contributed by atoms with Gasteiger partial charge in [-0.3, -0.25) is 15.0 Å². The number of hydrogen-bond donors (Lipinski definition) is 2. The number of piperazine rings is 1. The molecule has 5 heteroatoms. The van der Waals surface area contributed by atoms with Crippen molar-refractivity contribution in [3.8, 4) is 0 Å². The molecule has 0 aliphatic carbocycles. The van der Waals surface area contributed by atoms with Crippen molar-refractivity contribution in [2.45, 2.75) is 45.4 Å². The molecule has 2 heterocycles. The summed E-state index contributed by atoms with van der Waals surface area (Å²) < 4.78 is 0. The van der Waals surface area contributed by atoms with Gasteiger partial charge in [-0.25, -0.2) is 0 Å². The molecule has 0 spiro atoms. The Bertz CT molecular complexity index is 300. The summed E-state index contributed by atoms with van der Waals surface area (Å²) >= 11 is 0. The van der Waals surface area contributed by atoms with Crippen LogP contribution in [0.25, 0.3) is 0 Å². The SMILES string of the molecule is CC(C)CCC1CC(=O)NC(N2CCN(C)CC2)N1. The average Bonchev–Trinajstić information content (AvgIpc) is 2.36. The molecule has 2 unspecified atom stereocenters. The molecular formula is C14H28N4O. The number of likely N-dealkylation sites (N-methyl/N-ethyl adjacent to an activating group) is 1. The predicted octanol–water partition coefficient (Wildman–Crippen LogP) is 0.432. The van der Waals surface area contributed by atoms with Crippen molar-refractivity contribution in [2.75, 3.05) is 33.2 Å². The molecule has 0 aromatic carbocycles. The van der Waals surface area contributed by atoms with Crippen LogP contribution in [0.15, 0.2) is 0 Å². The van der Waals surface area contributed by atoms with E-state index in [-0.39, 0.29) is 12.2 Å².